The van der Waals surface area contributed by atoms with Crippen LogP contribution in [0, 0.1) is 0 Å². The molecule has 20 heavy (non-hydrogen) atoms. The number of nitrogens with zero attached hydrogens (tertiary/aromatic N) is 2. The molecule has 1 atom stereocenters. The third kappa shape index (κ3) is 3.08. The third-order valence-electron chi connectivity index (χ3n) is 3.84. The minimum Gasteiger partial charge on any atom is -0.394 e. The molecule has 0 amide bonds. The summed E-state index contributed by atoms with van der Waals surface area (Å²) in [4.78, 5) is 0. The zero-order chi connectivity index (χ0) is 14.4. The van der Waals surface area contributed by atoms with Crippen LogP contribution in [-0.4, -0.2) is 21.5 Å². The second-order valence-corrected chi connectivity index (χ2v) is 5.02. The molecule has 0 saturated heterocycles. The Balaban J connectivity index is 2.13. The van der Waals surface area contributed by atoms with Crippen molar-refractivity contribution in [1.82, 2.24) is 15.1 Å². The molecule has 0 spiro atoms. The molecule has 0 aliphatic heterocycles. The van der Waals surface area contributed by atoms with Gasteiger partial charge in [0.05, 0.1) is 18.3 Å². The first-order chi connectivity index (χ1) is 9.74. The molecule has 2 N–H and O–H groups in total. The van der Waals surface area contributed by atoms with Crippen LogP contribution in [0.3, 0.4) is 0 Å². The van der Waals surface area contributed by atoms with E-state index in [1.807, 2.05) is 35.3 Å². The lowest BCUT2D eigenvalue weighted by molar-refractivity contribution is 0.154. The standard InChI is InChI=1S/C16H23N3O/c1-3-16(13-20,15-8-6-5-7-9-15)17-10-14-11-18-19(4-2)12-14/h5-9,11-12,17,20H,3-4,10,13H2,1-2H3/t16-/m1/s1. The summed E-state index contributed by atoms with van der Waals surface area (Å²) < 4.78 is 1.91. The Morgan fingerprint density at radius 2 is 2.00 bits per heavy atom. The molecule has 1 heterocycles. The summed E-state index contributed by atoms with van der Waals surface area (Å²) in [6, 6.07) is 10.1. The van der Waals surface area contributed by atoms with Crippen LogP contribution in [0.15, 0.2) is 42.7 Å². The van der Waals surface area contributed by atoms with E-state index in [4.69, 9.17) is 0 Å². The van der Waals surface area contributed by atoms with E-state index in [2.05, 4.69) is 36.4 Å². The van der Waals surface area contributed by atoms with Gasteiger partial charge in [0.25, 0.3) is 0 Å². The van der Waals surface area contributed by atoms with Gasteiger partial charge < -0.3 is 10.4 Å². The fourth-order valence-corrected chi connectivity index (χ4v) is 2.39. The van der Waals surface area contributed by atoms with E-state index >= 15 is 0 Å². The van der Waals surface area contributed by atoms with E-state index in [0.29, 0.717) is 6.54 Å². The second-order valence-electron chi connectivity index (χ2n) is 5.02. The topological polar surface area (TPSA) is 50.1 Å². The monoisotopic (exact) mass is 273 g/mol. The van der Waals surface area contributed by atoms with Crippen molar-refractivity contribution in [2.24, 2.45) is 0 Å². The van der Waals surface area contributed by atoms with Crippen molar-refractivity contribution in [2.45, 2.75) is 38.9 Å². The molecule has 0 unspecified atom stereocenters. The molecule has 0 bridgehead atoms. The lowest BCUT2D eigenvalue weighted by Gasteiger charge is -2.32. The Bertz CT molecular complexity index is 518. The number of hydrogen-bond acceptors (Lipinski definition) is 3. The SMILES string of the molecule is CCn1cc(CN[C@](CC)(CO)c2ccccc2)cn1. The minimum absolute atomic E-state index is 0.0788. The molecule has 0 radical (unpaired) electrons. The Morgan fingerprint density at radius 1 is 1.25 bits per heavy atom. The van der Waals surface area contributed by atoms with E-state index in [1.54, 1.807) is 0 Å². The van der Waals surface area contributed by atoms with Crippen molar-refractivity contribution in [3.8, 4) is 0 Å². The second kappa shape index (κ2) is 6.68. The van der Waals surface area contributed by atoms with Crippen molar-refractivity contribution in [2.75, 3.05) is 6.61 Å². The van der Waals surface area contributed by atoms with Gasteiger partial charge in [-0.3, -0.25) is 4.68 Å². The Labute approximate surface area is 120 Å². The summed E-state index contributed by atoms with van der Waals surface area (Å²) in [6.07, 6.45) is 4.74. The van der Waals surface area contributed by atoms with Crippen molar-refractivity contribution in [3.63, 3.8) is 0 Å². The van der Waals surface area contributed by atoms with Crippen LogP contribution in [0.2, 0.25) is 0 Å². The zero-order valence-electron chi connectivity index (χ0n) is 12.2. The van der Waals surface area contributed by atoms with E-state index in [9.17, 15) is 5.11 Å². The van der Waals surface area contributed by atoms with Gasteiger partial charge >= 0.3 is 0 Å². The lowest BCUT2D eigenvalue weighted by atomic mass is 9.88. The summed E-state index contributed by atoms with van der Waals surface area (Å²) in [5.74, 6) is 0. The van der Waals surface area contributed by atoms with Crippen LogP contribution >= 0.6 is 0 Å². The molecule has 0 aliphatic rings. The van der Waals surface area contributed by atoms with Crippen molar-refractivity contribution < 1.29 is 5.11 Å². The molecule has 1 aromatic heterocycles. The average Bonchev–Trinajstić information content (AvgIpc) is 2.98. The minimum atomic E-state index is -0.393. The van der Waals surface area contributed by atoms with Gasteiger partial charge in [0.2, 0.25) is 0 Å². The van der Waals surface area contributed by atoms with Gasteiger partial charge in [0, 0.05) is 24.8 Å². The largest absolute Gasteiger partial charge is 0.394 e. The van der Waals surface area contributed by atoms with Gasteiger partial charge in [-0.1, -0.05) is 37.3 Å². The normalized spacial score (nSPS) is 14.2. The lowest BCUT2D eigenvalue weighted by Crippen LogP contribution is -2.44. The van der Waals surface area contributed by atoms with Crippen LogP contribution < -0.4 is 5.32 Å². The van der Waals surface area contributed by atoms with E-state index in [1.165, 1.54) is 0 Å². The molecule has 2 aromatic rings. The number of rotatable bonds is 7. The van der Waals surface area contributed by atoms with Crippen molar-refractivity contribution >= 4 is 0 Å². The molecule has 1 aromatic carbocycles. The predicted octanol–water partition coefficient (Wildman–Crippen LogP) is 2.29. The van der Waals surface area contributed by atoms with Crippen LogP contribution in [-0.2, 0) is 18.6 Å². The molecule has 4 nitrogen and oxygen atoms in total. The summed E-state index contributed by atoms with van der Waals surface area (Å²) in [6.45, 7) is 5.81. The van der Waals surface area contributed by atoms with Gasteiger partial charge in [0.15, 0.2) is 0 Å². The molecule has 0 saturated carbocycles. The Hall–Kier alpha value is -1.65. The van der Waals surface area contributed by atoms with Crippen LogP contribution in [0.1, 0.15) is 31.4 Å². The van der Waals surface area contributed by atoms with Crippen LogP contribution in [0.5, 0.6) is 0 Å². The summed E-state index contributed by atoms with van der Waals surface area (Å²) >= 11 is 0. The van der Waals surface area contributed by atoms with Crippen molar-refractivity contribution in [1.29, 1.82) is 0 Å². The number of benzene rings is 1. The number of aryl methyl sites for hydroxylation is 1. The molecule has 2 rings (SSSR count). The zero-order valence-corrected chi connectivity index (χ0v) is 12.2. The van der Waals surface area contributed by atoms with Gasteiger partial charge in [-0.15, -0.1) is 0 Å². The highest BCUT2D eigenvalue weighted by atomic mass is 16.3. The van der Waals surface area contributed by atoms with E-state index in [-0.39, 0.29) is 6.61 Å². The maximum atomic E-state index is 9.88. The molecule has 0 fully saturated rings. The third-order valence-corrected chi connectivity index (χ3v) is 3.84. The number of hydrogen-bond donors (Lipinski definition) is 2. The Kier molecular flexibility index (Phi) is 4.93. The van der Waals surface area contributed by atoms with E-state index in [0.717, 1.165) is 24.1 Å². The highest BCUT2D eigenvalue weighted by Crippen LogP contribution is 2.24. The van der Waals surface area contributed by atoms with Crippen molar-refractivity contribution in [3.05, 3.63) is 53.9 Å². The molecule has 108 valence electrons. The average molecular weight is 273 g/mol. The van der Waals surface area contributed by atoms with Gasteiger partial charge in [-0.25, -0.2) is 0 Å². The molecule has 4 heteroatoms. The highest BCUT2D eigenvalue weighted by molar-refractivity contribution is 5.25. The van der Waals surface area contributed by atoms with E-state index < -0.39 is 5.54 Å². The molecular weight excluding hydrogens is 250 g/mol. The number of nitrogens with one attached hydrogen (secondary N) is 1. The summed E-state index contributed by atoms with van der Waals surface area (Å²) in [7, 11) is 0. The van der Waals surface area contributed by atoms with Crippen LogP contribution in [0.25, 0.3) is 0 Å². The first-order valence-electron chi connectivity index (χ1n) is 7.17. The summed E-state index contributed by atoms with van der Waals surface area (Å²) in [5.41, 5.74) is 1.86. The smallest absolute Gasteiger partial charge is 0.0669 e. The molecular formula is C16H23N3O. The maximum absolute atomic E-state index is 9.88. The van der Waals surface area contributed by atoms with Gasteiger partial charge in [-0.2, -0.15) is 5.10 Å². The maximum Gasteiger partial charge on any atom is 0.0669 e. The number of aliphatic hydroxyl groups excluding tert-OH is 1. The molecule has 0 aliphatic carbocycles. The van der Waals surface area contributed by atoms with Gasteiger partial charge in [0.1, 0.15) is 0 Å². The summed E-state index contributed by atoms with van der Waals surface area (Å²) in [5, 5.41) is 17.6. The number of aliphatic hydroxyl groups is 1. The first kappa shape index (κ1) is 14.8. The predicted molar refractivity (Wildman–Crippen MR) is 80.2 cm³/mol. The fourth-order valence-electron chi connectivity index (χ4n) is 2.39. The Morgan fingerprint density at radius 3 is 2.55 bits per heavy atom. The highest BCUT2D eigenvalue weighted by Gasteiger charge is 2.28. The quantitative estimate of drug-likeness (QED) is 0.814. The fraction of sp³-hybridized carbons (Fsp3) is 0.438. The van der Waals surface area contributed by atoms with Gasteiger partial charge in [-0.05, 0) is 18.9 Å². The number of aromatic nitrogens is 2. The van der Waals surface area contributed by atoms with Crippen LogP contribution in [0.4, 0.5) is 0 Å². The first-order valence-corrected chi connectivity index (χ1v) is 7.17.